The third-order valence-corrected chi connectivity index (χ3v) is 2.42. The lowest BCUT2D eigenvalue weighted by atomic mass is 10.0. The van der Waals surface area contributed by atoms with Crippen molar-refractivity contribution < 1.29 is 5.21 Å². The number of hydrogen-bond donors (Lipinski definition) is 1. The fourth-order valence-electron chi connectivity index (χ4n) is 1.79. The second-order valence-corrected chi connectivity index (χ2v) is 3.24. The molecule has 0 saturated carbocycles. The molecule has 1 unspecified atom stereocenters. The first-order valence-electron chi connectivity index (χ1n) is 4.13. The van der Waals surface area contributed by atoms with Crippen molar-refractivity contribution in [2.75, 3.05) is 0 Å². The highest BCUT2D eigenvalue weighted by Gasteiger charge is 2.23. The van der Waals surface area contributed by atoms with Crippen LogP contribution in [0.3, 0.4) is 0 Å². The average molecular weight is 161 g/mol. The Labute approximate surface area is 71.5 Å². The highest BCUT2D eigenvalue weighted by atomic mass is 16.4. The van der Waals surface area contributed by atoms with Gasteiger partial charge in [-0.2, -0.15) is 0 Å². The van der Waals surface area contributed by atoms with Crippen molar-refractivity contribution in [1.29, 1.82) is 0 Å². The Morgan fingerprint density at radius 1 is 1.42 bits per heavy atom. The van der Waals surface area contributed by atoms with E-state index in [0.717, 1.165) is 17.7 Å². The minimum absolute atomic E-state index is 0.493. The molecule has 12 heavy (non-hydrogen) atoms. The van der Waals surface area contributed by atoms with Crippen molar-refractivity contribution >= 4 is 5.71 Å². The first-order valence-corrected chi connectivity index (χ1v) is 4.13. The van der Waals surface area contributed by atoms with Gasteiger partial charge in [0, 0.05) is 12.0 Å². The third kappa shape index (κ3) is 0.916. The van der Waals surface area contributed by atoms with Crippen molar-refractivity contribution in [3.05, 3.63) is 35.4 Å². The maximum Gasteiger partial charge on any atom is 0.0876 e. The number of rotatable bonds is 0. The van der Waals surface area contributed by atoms with Gasteiger partial charge in [-0.3, -0.25) is 0 Å². The van der Waals surface area contributed by atoms with Crippen molar-refractivity contribution in [3.63, 3.8) is 0 Å². The van der Waals surface area contributed by atoms with Gasteiger partial charge in [0.25, 0.3) is 0 Å². The smallest absolute Gasteiger partial charge is 0.0876 e. The van der Waals surface area contributed by atoms with Gasteiger partial charge < -0.3 is 5.21 Å². The molecule has 1 atom stereocenters. The summed E-state index contributed by atoms with van der Waals surface area (Å²) in [6, 6.07) is 8.10. The number of hydrogen-bond acceptors (Lipinski definition) is 2. The Morgan fingerprint density at radius 2 is 2.17 bits per heavy atom. The Morgan fingerprint density at radius 3 is 2.92 bits per heavy atom. The van der Waals surface area contributed by atoms with E-state index < -0.39 is 0 Å². The molecular formula is C10H11NO. The summed E-state index contributed by atoms with van der Waals surface area (Å²) in [5.74, 6) is 0.493. The summed E-state index contributed by atoms with van der Waals surface area (Å²) >= 11 is 0. The molecule has 0 heterocycles. The lowest BCUT2D eigenvalue weighted by molar-refractivity contribution is 0.318. The molecule has 0 aliphatic heterocycles. The van der Waals surface area contributed by atoms with E-state index in [1.165, 1.54) is 5.56 Å². The lowest BCUT2D eigenvalue weighted by Gasteiger charge is -2.00. The lowest BCUT2D eigenvalue weighted by Crippen LogP contribution is -1.92. The Balaban J connectivity index is 2.57. The summed E-state index contributed by atoms with van der Waals surface area (Å²) in [6.07, 6.45) is 0.857. The topological polar surface area (TPSA) is 32.6 Å². The summed E-state index contributed by atoms with van der Waals surface area (Å²) in [5.41, 5.74) is 3.22. The average Bonchev–Trinajstić information content (AvgIpc) is 2.44. The molecule has 1 aromatic rings. The molecule has 0 fully saturated rings. The van der Waals surface area contributed by atoms with Gasteiger partial charge in [-0.05, 0) is 11.5 Å². The molecule has 2 rings (SSSR count). The Bertz CT molecular complexity index is 330. The second kappa shape index (κ2) is 2.63. The zero-order valence-electron chi connectivity index (χ0n) is 6.99. The van der Waals surface area contributed by atoms with E-state index in [0.29, 0.717) is 5.92 Å². The van der Waals surface area contributed by atoms with Gasteiger partial charge in [-0.25, -0.2) is 0 Å². The first-order chi connectivity index (χ1) is 5.83. The summed E-state index contributed by atoms with van der Waals surface area (Å²) in [5, 5.41) is 12.0. The van der Waals surface area contributed by atoms with Crippen molar-refractivity contribution in [2.45, 2.75) is 19.3 Å². The van der Waals surface area contributed by atoms with Crippen LogP contribution >= 0.6 is 0 Å². The van der Waals surface area contributed by atoms with Crippen LogP contribution in [0.15, 0.2) is 29.4 Å². The monoisotopic (exact) mass is 161 g/mol. The molecule has 0 radical (unpaired) electrons. The molecule has 1 aliphatic rings. The summed E-state index contributed by atoms with van der Waals surface area (Å²) in [6.45, 7) is 2.15. The first kappa shape index (κ1) is 7.35. The second-order valence-electron chi connectivity index (χ2n) is 3.24. The van der Waals surface area contributed by atoms with Crippen molar-refractivity contribution in [1.82, 2.24) is 0 Å². The van der Waals surface area contributed by atoms with Crippen LogP contribution in [-0.4, -0.2) is 10.9 Å². The highest BCUT2D eigenvalue weighted by molar-refractivity contribution is 6.04. The van der Waals surface area contributed by atoms with Gasteiger partial charge in [-0.15, -0.1) is 0 Å². The van der Waals surface area contributed by atoms with Gasteiger partial charge in [0.2, 0.25) is 0 Å². The van der Waals surface area contributed by atoms with Gasteiger partial charge in [-0.1, -0.05) is 36.3 Å². The number of benzene rings is 1. The van der Waals surface area contributed by atoms with Crippen LogP contribution in [0.25, 0.3) is 0 Å². The van der Waals surface area contributed by atoms with Gasteiger partial charge in [0.05, 0.1) is 5.71 Å². The van der Waals surface area contributed by atoms with Gasteiger partial charge >= 0.3 is 0 Å². The van der Waals surface area contributed by atoms with E-state index in [2.05, 4.69) is 18.1 Å². The van der Waals surface area contributed by atoms with Crippen LogP contribution in [0.4, 0.5) is 0 Å². The highest BCUT2D eigenvalue weighted by Crippen LogP contribution is 2.32. The van der Waals surface area contributed by atoms with Crippen molar-refractivity contribution in [2.24, 2.45) is 5.16 Å². The fourth-order valence-corrected chi connectivity index (χ4v) is 1.79. The predicted molar refractivity (Wildman–Crippen MR) is 47.8 cm³/mol. The molecule has 1 aromatic carbocycles. The normalized spacial score (nSPS) is 24.4. The van der Waals surface area contributed by atoms with E-state index in [1.54, 1.807) is 0 Å². The minimum atomic E-state index is 0.493. The number of fused-ring (bicyclic) bond motifs is 1. The summed E-state index contributed by atoms with van der Waals surface area (Å²) in [4.78, 5) is 0. The predicted octanol–water partition coefficient (Wildman–Crippen LogP) is 2.37. The molecule has 2 heteroatoms. The standard InChI is InChI=1S/C10H11NO/c1-7-6-10(11-12)9-5-3-2-4-8(7)9/h2-5,7,12H,6H2,1H3. The molecule has 0 saturated heterocycles. The van der Waals surface area contributed by atoms with Gasteiger partial charge in [0.1, 0.15) is 0 Å². The third-order valence-electron chi connectivity index (χ3n) is 2.42. The van der Waals surface area contributed by atoms with Gasteiger partial charge in [0.15, 0.2) is 0 Å². The van der Waals surface area contributed by atoms with Crippen LogP contribution in [0.1, 0.15) is 30.4 Å². The Hall–Kier alpha value is -1.31. The zero-order valence-corrected chi connectivity index (χ0v) is 6.99. The van der Waals surface area contributed by atoms with E-state index in [-0.39, 0.29) is 0 Å². The summed E-state index contributed by atoms with van der Waals surface area (Å²) < 4.78 is 0. The van der Waals surface area contributed by atoms with Crippen LogP contribution in [-0.2, 0) is 0 Å². The quantitative estimate of drug-likeness (QED) is 0.460. The zero-order chi connectivity index (χ0) is 8.55. The molecule has 0 spiro atoms. The molecule has 62 valence electrons. The van der Waals surface area contributed by atoms with Crippen LogP contribution < -0.4 is 0 Å². The number of nitrogens with zero attached hydrogens (tertiary/aromatic N) is 1. The number of oxime groups is 1. The molecular weight excluding hydrogens is 150 g/mol. The van der Waals surface area contributed by atoms with Crippen LogP contribution in [0.2, 0.25) is 0 Å². The van der Waals surface area contributed by atoms with Crippen LogP contribution in [0, 0.1) is 0 Å². The minimum Gasteiger partial charge on any atom is -0.411 e. The fraction of sp³-hybridized carbons (Fsp3) is 0.300. The molecule has 2 nitrogen and oxygen atoms in total. The molecule has 0 aromatic heterocycles. The largest absolute Gasteiger partial charge is 0.411 e. The maximum atomic E-state index is 8.72. The molecule has 0 bridgehead atoms. The maximum absolute atomic E-state index is 8.72. The molecule has 1 aliphatic carbocycles. The summed E-state index contributed by atoms with van der Waals surface area (Å²) in [7, 11) is 0. The van der Waals surface area contributed by atoms with E-state index >= 15 is 0 Å². The van der Waals surface area contributed by atoms with E-state index in [9.17, 15) is 0 Å². The van der Waals surface area contributed by atoms with E-state index in [4.69, 9.17) is 5.21 Å². The Kier molecular flexibility index (Phi) is 1.61. The SMILES string of the molecule is CC1CC(=NO)c2ccccc21. The van der Waals surface area contributed by atoms with E-state index in [1.807, 2.05) is 18.2 Å². The van der Waals surface area contributed by atoms with Crippen molar-refractivity contribution in [3.8, 4) is 0 Å². The molecule has 0 amide bonds. The van der Waals surface area contributed by atoms with Crippen LogP contribution in [0.5, 0.6) is 0 Å². The molecule has 1 N–H and O–H groups in total.